The zero-order valence-electron chi connectivity index (χ0n) is 19.9. The van der Waals surface area contributed by atoms with E-state index in [4.69, 9.17) is 9.47 Å². The topological polar surface area (TPSA) is 137 Å². The number of aliphatic hydroxyl groups excluding tert-OH is 1. The number of aromatic nitrogens is 2. The molecule has 0 saturated carbocycles. The highest BCUT2D eigenvalue weighted by molar-refractivity contribution is 7.89. The molecule has 3 aromatic rings. The number of benzene rings is 2. The number of sulfonamides is 1. The van der Waals surface area contributed by atoms with Crippen LogP contribution in [0.25, 0.3) is 11.0 Å². The summed E-state index contributed by atoms with van der Waals surface area (Å²) in [6.45, 7) is 3.90. The first-order valence-corrected chi connectivity index (χ1v) is 13.1. The van der Waals surface area contributed by atoms with Crippen molar-refractivity contribution in [2.24, 2.45) is 5.92 Å². The molecule has 1 atom stereocenters. The SMILES string of the molecule is COc1cc(S(=O)(=O)N2CCC(CNCC(O)COc3cccc4[nH]c(=O)[nH]c34)CC2)ccc1C. The third kappa shape index (κ3) is 5.87. The van der Waals surface area contributed by atoms with Gasteiger partial charge in [0.15, 0.2) is 0 Å². The molecule has 0 amide bonds. The van der Waals surface area contributed by atoms with Crippen LogP contribution in [0.5, 0.6) is 11.5 Å². The maximum absolute atomic E-state index is 13.0. The molecule has 1 aromatic heterocycles. The molecule has 11 heteroatoms. The number of methoxy groups -OCH3 is 1. The molecule has 1 unspecified atom stereocenters. The van der Waals surface area contributed by atoms with Crippen LogP contribution < -0.4 is 20.5 Å². The first-order chi connectivity index (χ1) is 16.8. The summed E-state index contributed by atoms with van der Waals surface area (Å²) in [7, 11) is -2.03. The lowest BCUT2D eigenvalue weighted by Gasteiger charge is -2.31. The van der Waals surface area contributed by atoms with Gasteiger partial charge < -0.3 is 29.9 Å². The van der Waals surface area contributed by atoms with Gasteiger partial charge in [-0.3, -0.25) is 0 Å². The first kappa shape index (κ1) is 25.2. The van der Waals surface area contributed by atoms with Gasteiger partial charge in [0.2, 0.25) is 10.0 Å². The van der Waals surface area contributed by atoms with Gasteiger partial charge in [-0.2, -0.15) is 4.31 Å². The Labute approximate surface area is 204 Å². The van der Waals surface area contributed by atoms with Crippen LogP contribution in [0, 0.1) is 12.8 Å². The molecule has 1 fully saturated rings. The second-order valence-corrected chi connectivity index (χ2v) is 10.8. The van der Waals surface area contributed by atoms with Gasteiger partial charge in [-0.05, 0) is 56.0 Å². The van der Waals surface area contributed by atoms with Gasteiger partial charge in [0, 0.05) is 25.7 Å². The van der Waals surface area contributed by atoms with Gasteiger partial charge in [-0.1, -0.05) is 12.1 Å². The molecule has 2 heterocycles. The van der Waals surface area contributed by atoms with Crippen LogP contribution in [-0.2, 0) is 10.0 Å². The van der Waals surface area contributed by atoms with Crippen LogP contribution in [0.1, 0.15) is 18.4 Å². The lowest BCUT2D eigenvalue weighted by atomic mass is 9.98. The summed E-state index contributed by atoms with van der Waals surface area (Å²) in [5.74, 6) is 1.38. The van der Waals surface area contributed by atoms with Crippen molar-refractivity contribution in [1.29, 1.82) is 0 Å². The van der Waals surface area contributed by atoms with Crippen molar-refractivity contribution in [2.75, 3.05) is 39.9 Å². The number of piperidine rings is 1. The summed E-state index contributed by atoms with van der Waals surface area (Å²) >= 11 is 0. The number of hydrogen-bond acceptors (Lipinski definition) is 7. The molecule has 0 radical (unpaired) electrons. The minimum absolute atomic E-state index is 0.0794. The number of para-hydroxylation sites is 1. The van der Waals surface area contributed by atoms with Crippen molar-refractivity contribution in [1.82, 2.24) is 19.6 Å². The Morgan fingerprint density at radius 2 is 1.94 bits per heavy atom. The van der Waals surface area contributed by atoms with Gasteiger partial charge in [0.25, 0.3) is 0 Å². The molecule has 10 nitrogen and oxygen atoms in total. The number of aromatic amines is 2. The predicted octanol–water partition coefficient (Wildman–Crippen LogP) is 1.60. The van der Waals surface area contributed by atoms with Crippen LogP contribution in [0.4, 0.5) is 0 Å². The fourth-order valence-electron chi connectivity index (χ4n) is 4.31. The summed E-state index contributed by atoms with van der Waals surface area (Å²) in [6, 6.07) is 10.2. The molecule has 1 aliphatic rings. The number of aryl methyl sites for hydroxylation is 1. The van der Waals surface area contributed by atoms with E-state index in [1.807, 2.05) is 6.92 Å². The maximum atomic E-state index is 13.0. The summed E-state index contributed by atoms with van der Waals surface area (Å²) in [5.41, 5.74) is 1.80. The molecule has 1 saturated heterocycles. The van der Waals surface area contributed by atoms with Crippen LogP contribution in [0.2, 0.25) is 0 Å². The van der Waals surface area contributed by atoms with Crippen molar-refractivity contribution in [3.8, 4) is 11.5 Å². The molecular formula is C24H32N4O6S. The molecule has 0 spiro atoms. The van der Waals surface area contributed by atoms with E-state index in [-0.39, 0.29) is 17.2 Å². The second kappa shape index (κ2) is 10.8. The van der Waals surface area contributed by atoms with Crippen LogP contribution in [0.3, 0.4) is 0 Å². The van der Waals surface area contributed by atoms with E-state index in [9.17, 15) is 18.3 Å². The number of aliphatic hydroxyl groups is 1. The summed E-state index contributed by atoms with van der Waals surface area (Å²) in [6.07, 6.45) is 0.753. The largest absolute Gasteiger partial charge is 0.496 e. The number of nitrogens with zero attached hydrogens (tertiary/aromatic N) is 1. The highest BCUT2D eigenvalue weighted by Gasteiger charge is 2.29. The summed E-state index contributed by atoms with van der Waals surface area (Å²) in [4.78, 5) is 17.1. The summed E-state index contributed by atoms with van der Waals surface area (Å²) in [5, 5.41) is 13.5. The van der Waals surface area contributed by atoms with Crippen LogP contribution in [-0.4, -0.2) is 73.8 Å². The van der Waals surface area contributed by atoms with Gasteiger partial charge in [-0.15, -0.1) is 0 Å². The molecular weight excluding hydrogens is 472 g/mol. The Kier molecular flexibility index (Phi) is 7.80. The van der Waals surface area contributed by atoms with Crippen molar-refractivity contribution < 1.29 is 23.0 Å². The highest BCUT2D eigenvalue weighted by atomic mass is 32.2. The van der Waals surface area contributed by atoms with E-state index < -0.39 is 16.1 Å². The number of ether oxygens (including phenoxy) is 2. The fraction of sp³-hybridized carbons (Fsp3) is 0.458. The molecule has 2 aromatic carbocycles. The number of nitrogens with one attached hydrogen (secondary N) is 3. The molecule has 0 bridgehead atoms. The predicted molar refractivity (Wildman–Crippen MR) is 133 cm³/mol. The average molecular weight is 505 g/mol. The Balaban J connectivity index is 1.21. The fourth-order valence-corrected chi connectivity index (χ4v) is 5.80. The molecule has 1 aliphatic heterocycles. The minimum Gasteiger partial charge on any atom is -0.496 e. The average Bonchev–Trinajstić information content (AvgIpc) is 3.24. The number of fused-ring (bicyclic) bond motifs is 1. The van der Waals surface area contributed by atoms with Crippen molar-refractivity contribution >= 4 is 21.1 Å². The van der Waals surface area contributed by atoms with E-state index in [1.165, 1.54) is 11.4 Å². The Bertz CT molecular complexity index is 1310. The smallest absolute Gasteiger partial charge is 0.323 e. The van der Waals surface area contributed by atoms with Gasteiger partial charge in [-0.25, -0.2) is 13.2 Å². The summed E-state index contributed by atoms with van der Waals surface area (Å²) < 4.78 is 38.6. The lowest BCUT2D eigenvalue weighted by Crippen LogP contribution is -2.42. The maximum Gasteiger partial charge on any atom is 0.323 e. The monoisotopic (exact) mass is 504 g/mol. The zero-order valence-corrected chi connectivity index (χ0v) is 20.7. The lowest BCUT2D eigenvalue weighted by molar-refractivity contribution is 0.105. The molecule has 4 rings (SSSR count). The number of H-pyrrole nitrogens is 2. The molecule has 35 heavy (non-hydrogen) atoms. The normalized spacial score (nSPS) is 16.4. The van der Waals surface area contributed by atoms with Gasteiger partial charge in [0.05, 0.1) is 17.5 Å². The standard InChI is InChI=1S/C24H32N4O6S/c1-16-6-7-19(12-22(16)33-2)35(31,32)28-10-8-17(9-11-28)13-25-14-18(29)15-34-21-5-3-4-20-23(21)27-24(30)26-20/h3-7,12,17-18,25,29H,8-11,13-15H2,1-2H3,(H2,26,27,30). The number of hydrogen-bond donors (Lipinski definition) is 4. The van der Waals surface area contributed by atoms with Crippen LogP contribution >= 0.6 is 0 Å². The molecule has 4 N–H and O–H groups in total. The van der Waals surface area contributed by atoms with E-state index >= 15 is 0 Å². The molecule has 0 aliphatic carbocycles. The Morgan fingerprint density at radius 3 is 2.69 bits per heavy atom. The van der Waals surface area contributed by atoms with Gasteiger partial charge >= 0.3 is 5.69 Å². The Morgan fingerprint density at radius 1 is 1.17 bits per heavy atom. The van der Waals surface area contributed by atoms with E-state index in [0.29, 0.717) is 54.6 Å². The minimum atomic E-state index is -3.56. The number of rotatable bonds is 10. The quantitative estimate of drug-likeness (QED) is 0.329. The molecule has 190 valence electrons. The van der Waals surface area contributed by atoms with Gasteiger partial charge in [0.1, 0.15) is 29.7 Å². The van der Waals surface area contributed by atoms with Crippen molar-refractivity contribution in [2.45, 2.75) is 30.8 Å². The zero-order chi connectivity index (χ0) is 25.0. The third-order valence-electron chi connectivity index (χ3n) is 6.35. The van der Waals surface area contributed by atoms with Crippen molar-refractivity contribution in [3.05, 3.63) is 52.4 Å². The first-order valence-electron chi connectivity index (χ1n) is 11.7. The number of imidazole rings is 1. The third-order valence-corrected chi connectivity index (χ3v) is 8.24. The van der Waals surface area contributed by atoms with Crippen LogP contribution in [0.15, 0.2) is 46.1 Å². The highest BCUT2D eigenvalue weighted by Crippen LogP contribution is 2.27. The van der Waals surface area contributed by atoms with E-state index in [0.717, 1.165) is 18.4 Å². The van der Waals surface area contributed by atoms with Crippen molar-refractivity contribution in [3.63, 3.8) is 0 Å². The van der Waals surface area contributed by atoms with E-state index in [1.54, 1.807) is 36.4 Å². The second-order valence-electron chi connectivity index (χ2n) is 8.86. The Hall–Kier alpha value is -2.86. The van der Waals surface area contributed by atoms with E-state index in [2.05, 4.69) is 15.3 Å².